The first-order valence-electron chi connectivity index (χ1n) is 30.6. The molecule has 6 heterocycles. The van der Waals surface area contributed by atoms with Gasteiger partial charge in [-0.1, -0.05) is 109 Å². The van der Waals surface area contributed by atoms with Gasteiger partial charge in [-0.05, 0) is 192 Å². The van der Waals surface area contributed by atoms with Crippen molar-refractivity contribution in [3.8, 4) is 34.0 Å². The Bertz CT molecular complexity index is 6040. The molecule has 0 unspecified atom stereocenters. The number of anilines is 6. The average molecular weight is 1200 g/mol. The predicted molar refractivity (Wildman–Crippen MR) is 377 cm³/mol. The van der Waals surface area contributed by atoms with Gasteiger partial charge in [0, 0.05) is 109 Å². The van der Waals surface area contributed by atoms with E-state index in [9.17, 15) is 0 Å². The van der Waals surface area contributed by atoms with E-state index in [1.165, 1.54) is 20.2 Å². The minimum atomic E-state index is 0.588. The maximum Gasteiger partial charge on any atom is 0.227 e. The number of rotatable bonds is 9. The van der Waals surface area contributed by atoms with E-state index in [0.29, 0.717) is 11.8 Å². The fraction of sp³-hybridized carbons (Fsp3) is 0. The molecule has 20 rings (SSSR count). The van der Waals surface area contributed by atoms with Crippen molar-refractivity contribution < 1.29 is 22.1 Å². The van der Waals surface area contributed by atoms with Gasteiger partial charge in [-0.2, -0.15) is 0 Å². The van der Waals surface area contributed by atoms with E-state index < -0.39 is 0 Å². The molecule has 0 amide bonds. The molecule has 430 valence electrons. The van der Waals surface area contributed by atoms with Crippen LogP contribution in [0.25, 0.3) is 164 Å². The predicted octanol–water partition coefficient (Wildman–Crippen LogP) is 24.3. The van der Waals surface area contributed by atoms with Gasteiger partial charge in [-0.15, -0.1) is 11.3 Å². The number of furan rings is 3. The number of hydrogen-bond acceptors (Lipinski definition) is 10. The van der Waals surface area contributed by atoms with E-state index in [1.54, 1.807) is 0 Å². The second-order valence-corrected chi connectivity index (χ2v) is 24.7. The fourth-order valence-electron chi connectivity index (χ4n) is 13.8. The molecule has 0 N–H and O–H groups in total. The van der Waals surface area contributed by atoms with Crippen LogP contribution in [-0.2, 0) is 0 Å². The van der Waals surface area contributed by atoms with Crippen LogP contribution in [-0.4, -0.2) is 9.97 Å². The summed E-state index contributed by atoms with van der Waals surface area (Å²) in [7, 11) is 0. The number of hydrogen-bond donors (Lipinski definition) is 0. The lowest BCUT2D eigenvalue weighted by Crippen LogP contribution is -2.09. The zero-order valence-electron chi connectivity index (χ0n) is 48.8. The van der Waals surface area contributed by atoms with E-state index in [1.807, 2.05) is 96.3 Å². The lowest BCUT2D eigenvalue weighted by Gasteiger charge is -2.26. The van der Waals surface area contributed by atoms with Crippen LogP contribution in [0.1, 0.15) is 0 Å². The molecule has 9 nitrogen and oxygen atoms in total. The lowest BCUT2D eigenvalue weighted by molar-refractivity contribution is 0.622. The first-order valence-corrected chi connectivity index (χ1v) is 31.5. The molecule has 0 saturated heterocycles. The summed E-state index contributed by atoms with van der Waals surface area (Å²) in [5.74, 6) is 1.19. The summed E-state index contributed by atoms with van der Waals surface area (Å²) in [6.07, 6.45) is 0. The molecule has 6 aromatic heterocycles. The van der Waals surface area contributed by atoms with E-state index >= 15 is 0 Å². The highest BCUT2D eigenvalue weighted by molar-refractivity contribution is 7.25. The molecule has 0 aliphatic rings. The standard InChI is InChI=1S/C82H46N4O5S/c1-3-11-49(12-4-1)81-83-69-33-23-47-19-25-53(41-63(47)79(69)90-81)85(55-27-35-72-65(43-55)59-15-7-9-17-71(59)87-72)56-28-36-73-66(44-56)60-31-21-51(39-75(60)88-73)52-22-32-61-67-45-57(29-37-74(67)89-76(61)40-52)86(58-30-38-78-68(46-58)62-16-8-10-18-77(62)92-78)54-26-20-48-24-34-70-80(64(48)42-54)91-82(84-70)50-13-5-2-6-14-50/h1-46H. The number of thiophene rings is 1. The van der Waals surface area contributed by atoms with Crippen LogP contribution in [0.4, 0.5) is 34.1 Å². The van der Waals surface area contributed by atoms with Crippen LogP contribution in [0, 0.1) is 0 Å². The van der Waals surface area contributed by atoms with Crippen LogP contribution in [0.3, 0.4) is 0 Å². The second kappa shape index (κ2) is 19.6. The summed E-state index contributed by atoms with van der Waals surface area (Å²) in [5, 5.41) is 12.7. The van der Waals surface area contributed by atoms with Gasteiger partial charge in [0.05, 0.1) is 0 Å². The molecule has 0 aliphatic carbocycles. The second-order valence-electron chi connectivity index (χ2n) is 23.6. The van der Waals surface area contributed by atoms with Crippen molar-refractivity contribution in [1.29, 1.82) is 0 Å². The maximum absolute atomic E-state index is 6.77. The summed E-state index contributed by atoms with van der Waals surface area (Å²) < 4.78 is 35.6. The number of nitrogens with zero attached hydrogens (tertiary/aromatic N) is 4. The summed E-state index contributed by atoms with van der Waals surface area (Å²) in [6, 6.07) is 97.7. The molecular weight excluding hydrogens is 1150 g/mol. The normalized spacial score (nSPS) is 12.1. The Morgan fingerprint density at radius 2 is 0.620 bits per heavy atom. The highest BCUT2D eigenvalue weighted by atomic mass is 32.1. The van der Waals surface area contributed by atoms with Crippen LogP contribution in [0.15, 0.2) is 301 Å². The van der Waals surface area contributed by atoms with Gasteiger partial charge in [-0.3, -0.25) is 0 Å². The van der Waals surface area contributed by atoms with Crippen molar-refractivity contribution in [2.45, 2.75) is 0 Å². The van der Waals surface area contributed by atoms with E-state index in [-0.39, 0.29) is 0 Å². The van der Waals surface area contributed by atoms with Crippen LogP contribution >= 0.6 is 11.3 Å². The molecule has 0 bridgehead atoms. The van der Waals surface area contributed by atoms with Gasteiger partial charge >= 0.3 is 0 Å². The molecule has 0 fully saturated rings. The van der Waals surface area contributed by atoms with Gasteiger partial charge < -0.3 is 31.9 Å². The zero-order chi connectivity index (χ0) is 60.1. The number of aromatic nitrogens is 2. The Labute approximate surface area is 527 Å². The number of oxazole rings is 2. The molecule has 20 aromatic rings. The SMILES string of the molecule is c1ccc(-c2nc3ccc4ccc(N(c5ccc6oc7ccccc7c6c5)c5ccc6oc7cc(-c8ccc9c(c8)oc8ccc(N(c%10ccc%11sc%12ccccc%12c%11c%10)c%10ccc%11ccc%12nc(-c%13ccccc%13)oc%12c%11c%10)cc89)ccc7c6c5)cc4c3o2)cc1. The molecule has 0 radical (unpaired) electrons. The van der Waals surface area contributed by atoms with Crippen molar-refractivity contribution in [3.63, 3.8) is 0 Å². The third-order valence-electron chi connectivity index (χ3n) is 18.3. The molecular formula is C82H46N4O5S. The quantitative estimate of drug-likeness (QED) is 0.140. The zero-order valence-corrected chi connectivity index (χ0v) is 49.6. The van der Waals surface area contributed by atoms with Crippen molar-refractivity contribution in [2.24, 2.45) is 0 Å². The van der Waals surface area contributed by atoms with E-state index in [4.69, 9.17) is 32.1 Å². The summed E-state index contributed by atoms with van der Waals surface area (Å²) in [6.45, 7) is 0. The third kappa shape index (κ3) is 7.97. The molecule has 0 atom stereocenters. The summed E-state index contributed by atoms with van der Waals surface area (Å²) in [5.41, 5.74) is 17.8. The van der Waals surface area contributed by atoms with Gasteiger partial charge in [0.1, 0.15) is 44.5 Å². The van der Waals surface area contributed by atoms with Gasteiger partial charge in [0.15, 0.2) is 11.2 Å². The summed E-state index contributed by atoms with van der Waals surface area (Å²) in [4.78, 5) is 14.5. The minimum absolute atomic E-state index is 0.588. The van der Waals surface area contributed by atoms with Crippen molar-refractivity contribution in [1.82, 2.24) is 9.97 Å². The number of fused-ring (bicyclic) bond motifs is 18. The largest absolute Gasteiger partial charge is 0.456 e. The Morgan fingerprint density at radius 1 is 0.239 bits per heavy atom. The number of para-hydroxylation sites is 1. The minimum Gasteiger partial charge on any atom is -0.456 e. The third-order valence-corrected chi connectivity index (χ3v) is 19.4. The van der Waals surface area contributed by atoms with Crippen molar-refractivity contribution in [3.05, 3.63) is 279 Å². The first kappa shape index (κ1) is 50.7. The van der Waals surface area contributed by atoms with Crippen LogP contribution in [0.5, 0.6) is 0 Å². The van der Waals surface area contributed by atoms with Gasteiger partial charge in [0.25, 0.3) is 0 Å². The van der Waals surface area contributed by atoms with Crippen molar-refractivity contribution >= 4 is 175 Å². The molecule has 10 heteroatoms. The fourth-order valence-corrected chi connectivity index (χ4v) is 14.9. The Hall–Kier alpha value is -12.2. The number of benzene rings is 14. The molecule has 92 heavy (non-hydrogen) atoms. The first-order chi connectivity index (χ1) is 45.5. The Kier molecular flexibility index (Phi) is 10.8. The smallest absolute Gasteiger partial charge is 0.227 e. The van der Waals surface area contributed by atoms with E-state index in [2.05, 4.69) is 204 Å². The Morgan fingerprint density at radius 3 is 1.14 bits per heavy atom. The highest BCUT2D eigenvalue weighted by Gasteiger charge is 2.23. The van der Waals surface area contributed by atoms with Crippen molar-refractivity contribution in [2.75, 3.05) is 9.80 Å². The van der Waals surface area contributed by atoms with Gasteiger partial charge in [-0.25, -0.2) is 9.97 Å². The monoisotopic (exact) mass is 1200 g/mol. The van der Waals surface area contributed by atoms with Crippen LogP contribution < -0.4 is 9.80 Å². The van der Waals surface area contributed by atoms with Crippen LogP contribution in [0.2, 0.25) is 0 Å². The highest BCUT2D eigenvalue weighted by Crippen LogP contribution is 2.47. The summed E-state index contributed by atoms with van der Waals surface area (Å²) >= 11 is 1.82. The van der Waals surface area contributed by atoms with Gasteiger partial charge in [0.2, 0.25) is 11.8 Å². The molecule has 0 saturated carbocycles. The molecule has 0 aliphatic heterocycles. The molecule has 0 spiro atoms. The maximum atomic E-state index is 6.77. The van der Waals surface area contributed by atoms with E-state index in [0.717, 1.165) is 166 Å². The topological polar surface area (TPSA) is 98.0 Å². The average Bonchev–Trinajstić information content (AvgIpc) is 1.57. The Balaban J connectivity index is 0.679. The molecule has 14 aromatic carbocycles. The lowest BCUT2D eigenvalue weighted by atomic mass is 10.0.